The average molecular weight is 242 g/mol. The van der Waals surface area contributed by atoms with Crippen molar-refractivity contribution in [3.63, 3.8) is 0 Å². The molecule has 0 fully saturated rings. The summed E-state index contributed by atoms with van der Waals surface area (Å²) < 4.78 is 5.53. The number of halogens is 1. The summed E-state index contributed by atoms with van der Waals surface area (Å²) in [5.74, 6) is 0.883. The molecule has 0 unspecified atom stereocenters. The summed E-state index contributed by atoms with van der Waals surface area (Å²) in [5.41, 5.74) is 8.24. The molecule has 1 atom stereocenters. The molecule has 16 heavy (non-hydrogen) atoms. The topological polar surface area (TPSA) is 35.2 Å². The fraction of sp³-hybridized carbons (Fsp3) is 0.385. The summed E-state index contributed by atoms with van der Waals surface area (Å²) in [6, 6.07) is 7.89. The van der Waals surface area contributed by atoms with E-state index in [9.17, 15) is 0 Å². The molecule has 0 bridgehead atoms. The van der Waals surface area contributed by atoms with Gasteiger partial charge in [0.05, 0.1) is 6.61 Å². The number of ether oxygens (including phenoxy) is 1. The monoisotopic (exact) mass is 241 g/mol. The maximum absolute atomic E-state index is 6.09. The normalized spacial score (nSPS) is 11.4. The Morgan fingerprint density at radius 1 is 1.44 bits per heavy atom. The highest BCUT2D eigenvalue weighted by Gasteiger charge is 2.11. The van der Waals surface area contributed by atoms with Crippen molar-refractivity contribution in [1.82, 2.24) is 0 Å². The van der Waals surface area contributed by atoms with Crippen molar-refractivity contribution >= 4 is 12.4 Å². The predicted molar refractivity (Wildman–Crippen MR) is 71.2 cm³/mol. The molecule has 0 amide bonds. The van der Waals surface area contributed by atoms with Gasteiger partial charge in [-0.3, -0.25) is 0 Å². The molecule has 0 spiro atoms. The van der Waals surface area contributed by atoms with Crippen LogP contribution in [0.15, 0.2) is 36.4 Å². The van der Waals surface area contributed by atoms with E-state index in [-0.39, 0.29) is 18.4 Å². The lowest BCUT2D eigenvalue weighted by Gasteiger charge is -2.16. The van der Waals surface area contributed by atoms with Gasteiger partial charge in [0.1, 0.15) is 5.75 Å². The Kier molecular flexibility index (Phi) is 6.86. The van der Waals surface area contributed by atoms with Gasteiger partial charge >= 0.3 is 0 Å². The number of hydrogen-bond acceptors (Lipinski definition) is 2. The van der Waals surface area contributed by atoms with Crippen LogP contribution in [0.4, 0.5) is 0 Å². The maximum Gasteiger partial charge on any atom is 0.124 e. The first-order valence-corrected chi connectivity index (χ1v) is 5.26. The number of hydrogen-bond donors (Lipinski definition) is 1. The Hall–Kier alpha value is -0.990. The van der Waals surface area contributed by atoms with E-state index in [0.717, 1.165) is 23.3 Å². The van der Waals surface area contributed by atoms with Gasteiger partial charge in [-0.2, -0.15) is 0 Å². The molecule has 2 N–H and O–H groups in total. The lowest BCUT2D eigenvalue weighted by atomic mass is 10.0. The molecule has 2 nitrogen and oxygen atoms in total. The van der Waals surface area contributed by atoms with Gasteiger partial charge in [-0.05, 0) is 26.3 Å². The Morgan fingerprint density at radius 2 is 2.06 bits per heavy atom. The van der Waals surface area contributed by atoms with Crippen LogP contribution in [0.1, 0.15) is 31.9 Å². The van der Waals surface area contributed by atoms with Crippen LogP contribution in [-0.4, -0.2) is 6.61 Å². The fourth-order valence-electron chi connectivity index (χ4n) is 1.56. The van der Waals surface area contributed by atoms with Crippen molar-refractivity contribution in [1.29, 1.82) is 0 Å². The van der Waals surface area contributed by atoms with Crippen molar-refractivity contribution in [2.45, 2.75) is 26.3 Å². The predicted octanol–water partition coefficient (Wildman–Crippen LogP) is 3.47. The Labute approximate surface area is 104 Å². The van der Waals surface area contributed by atoms with Gasteiger partial charge in [0, 0.05) is 11.6 Å². The number of rotatable bonds is 5. The second-order valence-electron chi connectivity index (χ2n) is 3.74. The highest BCUT2D eigenvalue weighted by molar-refractivity contribution is 5.85. The summed E-state index contributed by atoms with van der Waals surface area (Å²) in [6.07, 6.45) is 0.796. The molecular weight excluding hydrogens is 222 g/mol. The maximum atomic E-state index is 6.09. The largest absolute Gasteiger partial charge is 0.494 e. The van der Waals surface area contributed by atoms with E-state index in [1.165, 1.54) is 0 Å². The van der Waals surface area contributed by atoms with Crippen LogP contribution in [0.3, 0.4) is 0 Å². The molecule has 0 aromatic heterocycles. The number of nitrogens with two attached hydrogens (primary N) is 1. The van der Waals surface area contributed by atoms with Gasteiger partial charge in [0.15, 0.2) is 0 Å². The van der Waals surface area contributed by atoms with Gasteiger partial charge in [-0.1, -0.05) is 23.8 Å². The second-order valence-corrected chi connectivity index (χ2v) is 3.74. The van der Waals surface area contributed by atoms with Crippen molar-refractivity contribution in [3.8, 4) is 5.75 Å². The Morgan fingerprint density at radius 3 is 2.62 bits per heavy atom. The third kappa shape index (κ3) is 4.25. The number of benzene rings is 1. The van der Waals surface area contributed by atoms with Crippen LogP contribution in [0.25, 0.3) is 0 Å². The van der Waals surface area contributed by atoms with Crippen molar-refractivity contribution in [3.05, 3.63) is 42.0 Å². The third-order valence-electron chi connectivity index (χ3n) is 2.19. The van der Waals surface area contributed by atoms with E-state index in [1.54, 1.807) is 0 Å². The summed E-state index contributed by atoms with van der Waals surface area (Å²) >= 11 is 0. The molecule has 0 radical (unpaired) electrons. The summed E-state index contributed by atoms with van der Waals surface area (Å²) in [7, 11) is 0. The molecule has 0 aliphatic rings. The van der Waals surface area contributed by atoms with Gasteiger partial charge in [-0.25, -0.2) is 0 Å². The van der Waals surface area contributed by atoms with Crippen LogP contribution in [-0.2, 0) is 0 Å². The van der Waals surface area contributed by atoms with Gasteiger partial charge in [-0.15, -0.1) is 19.0 Å². The molecular formula is C13H20ClNO. The van der Waals surface area contributed by atoms with Crippen LogP contribution >= 0.6 is 12.4 Å². The Balaban J connectivity index is 0.00000225. The minimum Gasteiger partial charge on any atom is -0.494 e. The standard InChI is InChI=1S/C13H19NO.ClH/c1-4-15-13-8-6-5-7-11(13)12(14)9-10(2)3;/h5-8,12H,2,4,9,14H2,1,3H3;1H/t12-;/m1./s1. The summed E-state index contributed by atoms with van der Waals surface area (Å²) in [6.45, 7) is 8.50. The smallest absolute Gasteiger partial charge is 0.124 e. The molecule has 0 saturated heterocycles. The van der Waals surface area contributed by atoms with Gasteiger partial charge in [0.25, 0.3) is 0 Å². The highest BCUT2D eigenvalue weighted by atomic mass is 35.5. The fourth-order valence-corrected chi connectivity index (χ4v) is 1.56. The minimum atomic E-state index is -0.0229. The molecule has 0 aliphatic carbocycles. The van der Waals surface area contributed by atoms with Gasteiger partial charge < -0.3 is 10.5 Å². The summed E-state index contributed by atoms with van der Waals surface area (Å²) in [4.78, 5) is 0. The van der Waals surface area contributed by atoms with Crippen molar-refractivity contribution < 1.29 is 4.74 Å². The van der Waals surface area contributed by atoms with Gasteiger partial charge in [0.2, 0.25) is 0 Å². The highest BCUT2D eigenvalue weighted by Crippen LogP contribution is 2.26. The SMILES string of the molecule is C=C(C)C[C@@H](N)c1ccccc1OCC.Cl. The Bertz CT molecular complexity index is 338. The van der Waals surface area contributed by atoms with E-state index < -0.39 is 0 Å². The lowest BCUT2D eigenvalue weighted by molar-refractivity contribution is 0.334. The third-order valence-corrected chi connectivity index (χ3v) is 2.19. The quantitative estimate of drug-likeness (QED) is 0.802. The number of para-hydroxylation sites is 1. The van der Waals surface area contributed by atoms with E-state index in [0.29, 0.717) is 6.61 Å². The zero-order valence-corrected chi connectivity index (χ0v) is 10.7. The van der Waals surface area contributed by atoms with Crippen molar-refractivity contribution in [2.75, 3.05) is 6.61 Å². The van der Waals surface area contributed by atoms with Crippen LogP contribution in [0.5, 0.6) is 5.75 Å². The second kappa shape index (κ2) is 7.31. The molecule has 0 heterocycles. The van der Waals surface area contributed by atoms with Crippen LogP contribution < -0.4 is 10.5 Å². The molecule has 1 rings (SSSR count). The minimum absolute atomic E-state index is 0. The first-order chi connectivity index (χ1) is 7.15. The lowest BCUT2D eigenvalue weighted by Crippen LogP contribution is -2.12. The van der Waals surface area contributed by atoms with E-state index in [1.807, 2.05) is 38.1 Å². The van der Waals surface area contributed by atoms with Crippen molar-refractivity contribution in [2.24, 2.45) is 5.73 Å². The molecule has 1 aromatic rings. The zero-order valence-electron chi connectivity index (χ0n) is 9.90. The van der Waals surface area contributed by atoms with E-state index in [4.69, 9.17) is 10.5 Å². The summed E-state index contributed by atoms with van der Waals surface area (Å²) in [5, 5.41) is 0. The van der Waals surface area contributed by atoms with E-state index in [2.05, 4.69) is 6.58 Å². The molecule has 0 saturated carbocycles. The first kappa shape index (κ1) is 15.0. The first-order valence-electron chi connectivity index (χ1n) is 5.26. The van der Waals surface area contributed by atoms with Crippen LogP contribution in [0, 0.1) is 0 Å². The van der Waals surface area contributed by atoms with Crippen LogP contribution in [0.2, 0.25) is 0 Å². The molecule has 1 aromatic carbocycles. The molecule has 90 valence electrons. The molecule has 0 aliphatic heterocycles. The molecule has 3 heteroatoms. The average Bonchev–Trinajstić information content (AvgIpc) is 2.18. The van der Waals surface area contributed by atoms with E-state index >= 15 is 0 Å². The zero-order chi connectivity index (χ0) is 11.3.